The van der Waals surface area contributed by atoms with Crippen LogP contribution in [0.25, 0.3) is 0 Å². The summed E-state index contributed by atoms with van der Waals surface area (Å²) in [5.41, 5.74) is 1.16. The van der Waals surface area contributed by atoms with Gasteiger partial charge in [-0.05, 0) is 31.2 Å². The lowest BCUT2D eigenvalue weighted by Gasteiger charge is -2.05. The number of nitrogens with one attached hydrogen (secondary N) is 1. The molecular formula is C12H15NO3. The third-order valence-corrected chi connectivity index (χ3v) is 2.00. The largest absolute Gasteiger partial charge is 0.462 e. The van der Waals surface area contributed by atoms with Crippen LogP contribution in [0, 0.1) is 0 Å². The molecule has 0 fully saturated rings. The third-order valence-electron chi connectivity index (χ3n) is 2.00. The highest BCUT2D eigenvalue weighted by Gasteiger charge is 2.06. The maximum absolute atomic E-state index is 11.3. The third kappa shape index (κ3) is 3.38. The van der Waals surface area contributed by atoms with Gasteiger partial charge in [-0.15, -0.1) is 0 Å². The number of rotatable bonds is 4. The molecule has 0 atom stereocenters. The molecule has 86 valence electrons. The van der Waals surface area contributed by atoms with Gasteiger partial charge < -0.3 is 10.1 Å². The number of hydrogen-bond donors (Lipinski definition) is 1. The molecule has 0 aliphatic carbocycles. The average Bonchev–Trinajstić information content (AvgIpc) is 2.30. The van der Waals surface area contributed by atoms with Gasteiger partial charge in [0, 0.05) is 12.1 Å². The number of hydrogen-bond acceptors (Lipinski definition) is 3. The summed E-state index contributed by atoms with van der Waals surface area (Å²) in [6.07, 6.45) is 0.430. The predicted molar refractivity (Wildman–Crippen MR) is 61.3 cm³/mol. The Hall–Kier alpha value is -1.84. The van der Waals surface area contributed by atoms with Crippen LogP contribution in [0.15, 0.2) is 24.3 Å². The summed E-state index contributed by atoms with van der Waals surface area (Å²) in [6, 6.07) is 6.62. The van der Waals surface area contributed by atoms with E-state index in [1.54, 1.807) is 38.1 Å². The van der Waals surface area contributed by atoms with Crippen LogP contribution in [-0.2, 0) is 9.53 Å². The van der Waals surface area contributed by atoms with Crippen LogP contribution in [0.4, 0.5) is 5.69 Å². The number of carbonyl (C=O) groups excluding carboxylic acids is 2. The number of anilines is 1. The summed E-state index contributed by atoms with van der Waals surface area (Å²) >= 11 is 0. The fourth-order valence-electron chi connectivity index (χ4n) is 1.15. The molecule has 16 heavy (non-hydrogen) atoms. The first-order valence-corrected chi connectivity index (χ1v) is 5.24. The van der Waals surface area contributed by atoms with Gasteiger partial charge in [-0.1, -0.05) is 6.92 Å². The van der Waals surface area contributed by atoms with Crippen molar-refractivity contribution in [1.29, 1.82) is 0 Å². The minimum absolute atomic E-state index is 0.0520. The molecule has 0 heterocycles. The van der Waals surface area contributed by atoms with Gasteiger partial charge in [0.2, 0.25) is 5.91 Å². The van der Waals surface area contributed by atoms with E-state index in [-0.39, 0.29) is 11.9 Å². The maximum Gasteiger partial charge on any atom is 0.338 e. The zero-order valence-electron chi connectivity index (χ0n) is 9.45. The van der Waals surface area contributed by atoms with E-state index in [0.29, 0.717) is 24.3 Å². The van der Waals surface area contributed by atoms with Crippen LogP contribution in [-0.4, -0.2) is 18.5 Å². The van der Waals surface area contributed by atoms with Gasteiger partial charge in [-0.3, -0.25) is 4.79 Å². The van der Waals surface area contributed by atoms with E-state index in [9.17, 15) is 9.59 Å². The van der Waals surface area contributed by atoms with Crippen LogP contribution in [0.2, 0.25) is 0 Å². The second-order valence-corrected chi connectivity index (χ2v) is 3.20. The van der Waals surface area contributed by atoms with E-state index in [0.717, 1.165) is 0 Å². The van der Waals surface area contributed by atoms with Crippen molar-refractivity contribution in [3.8, 4) is 0 Å². The topological polar surface area (TPSA) is 55.4 Å². The zero-order valence-corrected chi connectivity index (χ0v) is 9.45. The van der Waals surface area contributed by atoms with Gasteiger partial charge in [-0.25, -0.2) is 4.79 Å². The molecule has 0 spiro atoms. The highest BCUT2D eigenvalue weighted by Crippen LogP contribution is 2.10. The van der Waals surface area contributed by atoms with Crippen molar-refractivity contribution in [3.05, 3.63) is 29.8 Å². The molecule has 0 aliphatic rings. The molecular weight excluding hydrogens is 206 g/mol. The number of esters is 1. The molecule has 1 amide bonds. The molecule has 4 heteroatoms. The van der Waals surface area contributed by atoms with E-state index >= 15 is 0 Å². The standard InChI is InChI=1S/C12H15NO3/c1-3-11(14)13-10-7-5-9(6-8-10)12(15)16-4-2/h5-8H,3-4H2,1-2H3,(H,13,14). The van der Waals surface area contributed by atoms with Gasteiger partial charge >= 0.3 is 5.97 Å². The Morgan fingerprint density at radius 2 is 1.81 bits per heavy atom. The minimum Gasteiger partial charge on any atom is -0.462 e. The van der Waals surface area contributed by atoms with Gasteiger partial charge in [0.05, 0.1) is 12.2 Å². The molecule has 0 saturated carbocycles. The molecule has 1 aromatic rings. The molecule has 0 bridgehead atoms. The minimum atomic E-state index is -0.351. The Morgan fingerprint density at radius 3 is 2.31 bits per heavy atom. The van der Waals surface area contributed by atoms with Gasteiger partial charge in [0.15, 0.2) is 0 Å². The van der Waals surface area contributed by atoms with Gasteiger partial charge in [0.25, 0.3) is 0 Å². The quantitative estimate of drug-likeness (QED) is 0.793. The van der Waals surface area contributed by atoms with Gasteiger partial charge in [-0.2, -0.15) is 0 Å². The summed E-state index contributed by atoms with van der Waals surface area (Å²) < 4.78 is 4.84. The normalized spacial score (nSPS) is 9.62. The Bertz CT molecular complexity index is 370. The summed E-state index contributed by atoms with van der Waals surface area (Å²) in [6.45, 7) is 3.89. The Morgan fingerprint density at radius 1 is 1.19 bits per heavy atom. The summed E-state index contributed by atoms with van der Waals surface area (Å²) in [5.74, 6) is -0.403. The van der Waals surface area contributed by atoms with Crippen LogP contribution in [0.5, 0.6) is 0 Å². The van der Waals surface area contributed by atoms with E-state index < -0.39 is 0 Å². The fraction of sp³-hybridized carbons (Fsp3) is 0.333. The van der Waals surface area contributed by atoms with E-state index in [1.807, 2.05) is 0 Å². The average molecular weight is 221 g/mol. The molecule has 1 aromatic carbocycles. The zero-order chi connectivity index (χ0) is 12.0. The molecule has 1 N–H and O–H groups in total. The van der Waals surface area contributed by atoms with Crippen LogP contribution >= 0.6 is 0 Å². The lowest BCUT2D eigenvalue weighted by molar-refractivity contribution is -0.115. The molecule has 0 saturated heterocycles. The highest BCUT2D eigenvalue weighted by molar-refractivity contribution is 5.92. The maximum atomic E-state index is 11.3. The summed E-state index contributed by atoms with van der Waals surface area (Å²) in [4.78, 5) is 22.4. The molecule has 0 aliphatic heterocycles. The summed E-state index contributed by atoms with van der Waals surface area (Å²) in [5, 5.41) is 2.70. The lowest BCUT2D eigenvalue weighted by atomic mass is 10.2. The van der Waals surface area contributed by atoms with Crippen molar-refractivity contribution in [2.45, 2.75) is 20.3 Å². The monoisotopic (exact) mass is 221 g/mol. The Balaban J connectivity index is 2.67. The van der Waals surface area contributed by atoms with E-state index in [2.05, 4.69) is 5.32 Å². The first-order valence-electron chi connectivity index (χ1n) is 5.24. The highest BCUT2D eigenvalue weighted by atomic mass is 16.5. The summed E-state index contributed by atoms with van der Waals surface area (Å²) in [7, 11) is 0. The van der Waals surface area contributed by atoms with E-state index in [1.165, 1.54) is 0 Å². The van der Waals surface area contributed by atoms with Crippen molar-refractivity contribution in [2.24, 2.45) is 0 Å². The second kappa shape index (κ2) is 5.90. The first-order chi connectivity index (χ1) is 7.67. The Labute approximate surface area is 94.6 Å². The van der Waals surface area contributed by atoms with Crippen molar-refractivity contribution in [2.75, 3.05) is 11.9 Å². The second-order valence-electron chi connectivity index (χ2n) is 3.20. The molecule has 1 rings (SSSR count). The van der Waals surface area contributed by atoms with Crippen LogP contribution in [0.1, 0.15) is 30.6 Å². The fourth-order valence-corrected chi connectivity index (χ4v) is 1.15. The molecule has 0 unspecified atom stereocenters. The molecule has 0 aromatic heterocycles. The van der Waals surface area contributed by atoms with Gasteiger partial charge in [0.1, 0.15) is 0 Å². The number of ether oxygens (including phenoxy) is 1. The smallest absolute Gasteiger partial charge is 0.338 e. The van der Waals surface area contributed by atoms with Crippen LogP contribution < -0.4 is 5.32 Å². The first kappa shape index (κ1) is 12.2. The molecule has 0 radical (unpaired) electrons. The van der Waals surface area contributed by atoms with Crippen molar-refractivity contribution >= 4 is 17.6 Å². The van der Waals surface area contributed by atoms with E-state index in [4.69, 9.17) is 4.74 Å². The van der Waals surface area contributed by atoms with Crippen molar-refractivity contribution < 1.29 is 14.3 Å². The number of benzene rings is 1. The number of amides is 1. The SMILES string of the molecule is CCOC(=O)c1ccc(NC(=O)CC)cc1. The van der Waals surface area contributed by atoms with Crippen molar-refractivity contribution in [1.82, 2.24) is 0 Å². The van der Waals surface area contributed by atoms with Crippen LogP contribution in [0.3, 0.4) is 0 Å². The molecule has 4 nitrogen and oxygen atoms in total. The number of carbonyl (C=O) groups is 2. The lowest BCUT2D eigenvalue weighted by Crippen LogP contribution is -2.10. The predicted octanol–water partition coefficient (Wildman–Crippen LogP) is 2.21. The van der Waals surface area contributed by atoms with Crippen molar-refractivity contribution in [3.63, 3.8) is 0 Å². The Kier molecular flexibility index (Phi) is 4.51.